The van der Waals surface area contributed by atoms with E-state index < -0.39 is 0 Å². The number of amides is 1. The highest BCUT2D eigenvalue weighted by Crippen LogP contribution is 2.25. The second-order valence-electron chi connectivity index (χ2n) is 6.84. The number of rotatable bonds is 5. The molecule has 0 aliphatic carbocycles. The summed E-state index contributed by atoms with van der Waals surface area (Å²) in [5, 5.41) is 8.21. The number of carbonyl (C=O) groups is 1. The summed E-state index contributed by atoms with van der Waals surface area (Å²) in [5.41, 5.74) is 0.726. The molecular formula is C17H26N6O. The minimum Gasteiger partial charge on any atom is -0.356 e. The Bertz CT molecular complexity index is 687. The maximum absolute atomic E-state index is 12.1. The minimum absolute atomic E-state index is 0.0383. The molecule has 0 aromatic carbocycles. The monoisotopic (exact) mass is 330 g/mol. The van der Waals surface area contributed by atoms with Crippen LogP contribution in [0.25, 0.3) is 11.0 Å². The molecule has 7 nitrogen and oxygen atoms in total. The SMILES string of the molecule is CC(C)CNC(=O)Cn1ncc2c(N3CCCCCC3)ncnc21. The third-order valence-corrected chi connectivity index (χ3v) is 4.32. The predicted octanol–water partition coefficient (Wildman–Crippen LogP) is 1.98. The second-order valence-corrected chi connectivity index (χ2v) is 6.84. The maximum atomic E-state index is 12.1. The molecule has 0 radical (unpaired) electrons. The van der Waals surface area contributed by atoms with Gasteiger partial charge in [-0.15, -0.1) is 0 Å². The highest BCUT2D eigenvalue weighted by molar-refractivity contribution is 5.87. The lowest BCUT2D eigenvalue weighted by Crippen LogP contribution is -2.31. The van der Waals surface area contributed by atoms with Gasteiger partial charge in [0, 0.05) is 19.6 Å². The molecule has 0 atom stereocenters. The third-order valence-electron chi connectivity index (χ3n) is 4.32. The fraction of sp³-hybridized carbons (Fsp3) is 0.647. The van der Waals surface area contributed by atoms with Crippen molar-refractivity contribution in [2.24, 2.45) is 5.92 Å². The van der Waals surface area contributed by atoms with Crippen molar-refractivity contribution in [3.63, 3.8) is 0 Å². The molecule has 1 amide bonds. The van der Waals surface area contributed by atoms with Gasteiger partial charge in [0.1, 0.15) is 18.7 Å². The lowest BCUT2D eigenvalue weighted by atomic mass is 10.2. The largest absolute Gasteiger partial charge is 0.356 e. The van der Waals surface area contributed by atoms with E-state index in [0.29, 0.717) is 12.5 Å². The Balaban J connectivity index is 1.79. The van der Waals surface area contributed by atoms with Gasteiger partial charge in [-0.1, -0.05) is 26.7 Å². The van der Waals surface area contributed by atoms with Gasteiger partial charge in [0.2, 0.25) is 5.91 Å². The molecule has 7 heteroatoms. The summed E-state index contributed by atoms with van der Waals surface area (Å²) in [4.78, 5) is 23.2. The summed E-state index contributed by atoms with van der Waals surface area (Å²) in [7, 11) is 0. The van der Waals surface area contributed by atoms with Crippen LogP contribution in [0.4, 0.5) is 5.82 Å². The van der Waals surface area contributed by atoms with Crippen molar-refractivity contribution < 1.29 is 4.79 Å². The number of nitrogens with zero attached hydrogens (tertiary/aromatic N) is 5. The number of fused-ring (bicyclic) bond motifs is 1. The number of carbonyl (C=O) groups excluding carboxylic acids is 1. The van der Waals surface area contributed by atoms with E-state index >= 15 is 0 Å². The Hall–Kier alpha value is -2.18. The van der Waals surface area contributed by atoms with E-state index in [-0.39, 0.29) is 12.5 Å². The minimum atomic E-state index is -0.0383. The van der Waals surface area contributed by atoms with Crippen LogP contribution in [0.2, 0.25) is 0 Å². The standard InChI is InChI=1S/C17H26N6O/c1-13(2)9-18-15(24)11-23-17-14(10-21-23)16(19-12-20-17)22-7-5-3-4-6-8-22/h10,12-13H,3-9,11H2,1-2H3,(H,18,24). The summed E-state index contributed by atoms with van der Waals surface area (Å²) in [6, 6.07) is 0. The third kappa shape index (κ3) is 3.83. The van der Waals surface area contributed by atoms with Gasteiger partial charge in [0.15, 0.2) is 5.65 Å². The predicted molar refractivity (Wildman–Crippen MR) is 93.9 cm³/mol. The highest BCUT2D eigenvalue weighted by Gasteiger charge is 2.17. The molecule has 2 aromatic rings. The van der Waals surface area contributed by atoms with E-state index in [4.69, 9.17) is 0 Å². The van der Waals surface area contributed by atoms with Crippen molar-refractivity contribution in [1.82, 2.24) is 25.1 Å². The van der Waals surface area contributed by atoms with Crippen LogP contribution in [-0.4, -0.2) is 45.3 Å². The molecule has 3 rings (SSSR count). The van der Waals surface area contributed by atoms with Gasteiger partial charge in [-0.3, -0.25) is 4.79 Å². The molecule has 3 heterocycles. The first-order valence-corrected chi connectivity index (χ1v) is 8.83. The van der Waals surface area contributed by atoms with Crippen molar-refractivity contribution >= 4 is 22.8 Å². The van der Waals surface area contributed by atoms with Gasteiger partial charge < -0.3 is 10.2 Å². The molecule has 2 aromatic heterocycles. The number of hydrogen-bond acceptors (Lipinski definition) is 5. The Morgan fingerprint density at radius 1 is 1.21 bits per heavy atom. The number of hydrogen-bond donors (Lipinski definition) is 1. The van der Waals surface area contributed by atoms with E-state index in [1.54, 1.807) is 17.2 Å². The van der Waals surface area contributed by atoms with E-state index in [1.165, 1.54) is 25.7 Å². The molecule has 1 N–H and O–H groups in total. The summed E-state index contributed by atoms with van der Waals surface area (Å²) in [6.45, 7) is 7.05. The van der Waals surface area contributed by atoms with Crippen molar-refractivity contribution in [3.8, 4) is 0 Å². The Labute approximate surface area is 142 Å². The summed E-state index contributed by atoms with van der Waals surface area (Å²) < 4.78 is 1.66. The molecule has 130 valence electrons. The molecule has 1 aliphatic rings. The zero-order valence-corrected chi connectivity index (χ0v) is 14.5. The van der Waals surface area contributed by atoms with Crippen LogP contribution < -0.4 is 10.2 Å². The van der Waals surface area contributed by atoms with Gasteiger partial charge in [0.05, 0.1) is 11.6 Å². The first kappa shape index (κ1) is 16.7. The van der Waals surface area contributed by atoms with Crippen LogP contribution in [0.15, 0.2) is 12.5 Å². The summed E-state index contributed by atoms with van der Waals surface area (Å²) >= 11 is 0. The smallest absolute Gasteiger partial charge is 0.241 e. The highest BCUT2D eigenvalue weighted by atomic mass is 16.2. The van der Waals surface area contributed by atoms with Crippen LogP contribution in [0.5, 0.6) is 0 Å². The first-order chi connectivity index (χ1) is 11.6. The van der Waals surface area contributed by atoms with Gasteiger partial charge in [-0.05, 0) is 18.8 Å². The fourth-order valence-electron chi connectivity index (χ4n) is 3.04. The molecule has 0 bridgehead atoms. The van der Waals surface area contributed by atoms with Crippen LogP contribution in [0, 0.1) is 5.92 Å². The Kier molecular flexibility index (Phi) is 5.27. The van der Waals surface area contributed by atoms with Crippen LogP contribution >= 0.6 is 0 Å². The van der Waals surface area contributed by atoms with Crippen LogP contribution in [-0.2, 0) is 11.3 Å². The van der Waals surface area contributed by atoms with Crippen molar-refractivity contribution in [2.75, 3.05) is 24.5 Å². The average Bonchev–Trinajstić information content (AvgIpc) is 2.80. The first-order valence-electron chi connectivity index (χ1n) is 8.83. The van der Waals surface area contributed by atoms with Crippen LogP contribution in [0.3, 0.4) is 0 Å². The normalized spacial score (nSPS) is 15.7. The van der Waals surface area contributed by atoms with Gasteiger partial charge >= 0.3 is 0 Å². The number of anilines is 1. The molecule has 1 fully saturated rings. The number of aromatic nitrogens is 4. The molecule has 0 spiro atoms. The fourth-order valence-corrected chi connectivity index (χ4v) is 3.04. The van der Waals surface area contributed by atoms with E-state index in [9.17, 15) is 4.79 Å². The van der Waals surface area contributed by atoms with Crippen molar-refractivity contribution in [2.45, 2.75) is 46.1 Å². The molecule has 0 unspecified atom stereocenters. The van der Waals surface area contributed by atoms with E-state index in [1.807, 2.05) is 0 Å². The number of nitrogens with one attached hydrogen (secondary N) is 1. The zero-order valence-electron chi connectivity index (χ0n) is 14.5. The topological polar surface area (TPSA) is 75.9 Å². The zero-order chi connectivity index (χ0) is 16.9. The molecule has 24 heavy (non-hydrogen) atoms. The average molecular weight is 330 g/mol. The van der Waals surface area contributed by atoms with Gasteiger partial charge in [-0.25, -0.2) is 14.6 Å². The van der Waals surface area contributed by atoms with E-state index in [0.717, 1.165) is 29.9 Å². The quantitative estimate of drug-likeness (QED) is 0.907. The van der Waals surface area contributed by atoms with Crippen molar-refractivity contribution in [3.05, 3.63) is 12.5 Å². The summed E-state index contributed by atoms with van der Waals surface area (Å²) in [5.74, 6) is 1.33. The van der Waals surface area contributed by atoms with Crippen LogP contribution in [0.1, 0.15) is 39.5 Å². The summed E-state index contributed by atoms with van der Waals surface area (Å²) in [6.07, 6.45) is 8.30. The van der Waals surface area contributed by atoms with E-state index in [2.05, 4.69) is 39.1 Å². The van der Waals surface area contributed by atoms with Crippen molar-refractivity contribution in [1.29, 1.82) is 0 Å². The lowest BCUT2D eigenvalue weighted by molar-refractivity contribution is -0.121. The van der Waals surface area contributed by atoms with Gasteiger partial charge in [0.25, 0.3) is 0 Å². The molecule has 1 saturated heterocycles. The Morgan fingerprint density at radius 3 is 2.67 bits per heavy atom. The van der Waals surface area contributed by atoms with Gasteiger partial charge in [-0.2, -0.15) is 5.10 Å². The Morgan fingerprint density at radius 2 is 1.96 bits per heavy atom. The lowest BCUT2D eigenvalue weighted by Gasteiger charge is -2.21. The maximum Gasteiger partial charge on any atom is 0.241 e. The second kappa shape index (κ2) is 7.59. The molecule has 1 aliphatic heterocycles. The molecule has 0 saturated carbocycles. The molecular weight excluding hydrogens is 304 g/mol.